The molecule has 3 aliphatic rings. The van der Waals surface area contributed by atoms with Crippen molar-refractivity contribution in [3.63, 3.8) is 0 Å². The Bertz CT molecular complexity index is 1080. The van der Waals surface area contributed by atoms with Gasteiger partial charge in [-0.25, -0.2) is 4.68 Å². The van der Waals surface area contributed by atoms with Gasteiger partial charge in [0.2, 0.25) is 5.91 Å². The zero-order valence-corrected chi connectivity index (χ0v) is 16.5. The van der Waals surface area contributed by atoms with Crippen LogP contribution >= 0.6 is 0 Å². The topological polar surface area (TPSA) is 86.4 Å². The molecule has 1 amide bonds. The minimum Gasteiger partial charge on any atom is -0.497 e. The van der Waals surface area contributed by atoms with Crippen LogP contribution in [-0.4, -0.2) is 45.4 Å². The molecule has 0 bridgehead atoms. The lowest BCUT2D eigenvalue weighted by Crippen LogP contribution is -2.43. The number of carbonyl (C=O) groups is 1. The fourth-order valence-electron chi connectivity index (χ4n) is 4.60. The minimum atomic E-state index is -0.606. The van der Waals surface area contributed by atoms with Crippen molar-refractivity contribution < 1.29 is 9.53 Å². The number of likely N-dealkylation sites (tertiary alicyclic amines) is 1. The van der Waals surface area contributed by atoms with Crippen molar-refractivity contribution in [2.75, 3.05) is 20.2 Å². The highest BCUT2D eigenvalue weighted by Crippen LogP contribution is 2.41. The van der Waals surface area contributed by atoms with Crippen LogP contribution in [0, 0.1) is 11.3 Å². The fourth-order valence-corrected chi connectivity index (χ4v) is 4.60. The predicted octanol–water partition coefficient (Wildman–Crippen LogP) is 0.647. The standard InChI is InChI=1S/C21H24N4O4/c1-29-16-6-2-14(3-7-16)11-25-20(28)19(27)24-13-21(10-17(24)22-25)8-9-23(12-21)18(26)15-4-5-15/h2-3,6-7,15H,4-5,8-13H2,1H3. The van der Waals surface area contributed by atoms with Crippen LogP contribution in [0.5, 0.6) is 5.75 Å². The smallest absolute Gasteiger partial charge is 0.332 e. The summed E-state index contributed by atoms with van der Waals surface area (Å²) in [5, 5.41) is 4.52. The van der Waals surface area contributed by atoms with Gasteiger partial charge in [0.05, 0.1) is 13.7 Å². The Morgan fingerprint density at radius 3 is 2.62 bits per heavy atom. The van der Waals surface area contributed by atoms with Gasteiger partial charge in [-0.05, 0) is 37.0 Å². The Labute approximate surface area is 167 Å². The van der Waals surface area contributed by atoms with Crippen molar-refractivity contribution in [3.8, 4) is 5.75 Å². The molecule has 2 aliphatic heterocycles. The molecule has 5 rings (SSSR count). The maximum absolute atomic E-state index is 12.7. The van der Waals surface area contributed by atoms with E-state index in [0.29, 0.717) is 25.3 Å². The van der Waals surface area contributed by atoms with Crippen LogP contribution in [0.2, 0.25) is 0 Å². The summed E-state index contributed by atoms with van der Waals surface area (Å²) < 4.78 is 7.94. The molecule has 152 valence electrons. The molecule has 2 fully saturated rings. The molecule has 1 aliphatic carbocycles. The maximum atomic E-state index is 12.7. The summed E-state index contributed by atoms with van der Waals surface area (Å²) in [6, 6.07) is 7.36. The molecule has 1 aromatic carbocycles. The van der Waals surface area contributed by atoms with Crippen LogP contribution in [0.4, 0.5) is 0 Å². The first-order valence-corrected chi connectivity index (χ1v) is 10.1. The quantitative estimate of drug-likeness (QED) is 0.708. The summed E-state index contributed by atoms with van der Waals surface area (Å²) in [6.07, 6.45) is 3.46. The first-order valence-electron chi connectivity index (χ1n) is 10.1. The highest BCUT2D eigenvalue weighted by molar-refractivity contribution is 5.81. The van der Waals surface area contributed by atoms with E-state index in [1.54, 1.807) is 7.11 Å². The third-order valence-electron chi connectivity index (χ3n) is 6.40. The fraction of sp³-hybridized carbons (Fsp3) is 0.524. The molecule has 1 unspecified atom stereocenters. The number of nitrogens with zero attached hydrogens (tertiary/aromatic N) is 4. The van der Waals surface area contributed by atoms with E-state index in [0.717, 1.165) is 37.1 Å². The molecule has 1 saturated carbocycles. The van der Waals surface area contributed by atoms with Gasteiger partial charge in [0, 0.05) is 37.4 Å². The van der Waals surface area contributed by atoms with Gasteiger partial charge in [0.1, 0.15) is 11.6 Å². The molecule has 8 heteroatoms. The molecule has 2 aromatic rings. The second-order valence-electron chi connectivity index (χ2n) is 8.58. The third kappa shape index (κ3) is 3.16. The third-order valence-corrected chi connectivity index (χ3v) is 6.40. The lowest BCUT2D eigenvalue weighted by Gasteiger charge is -2.22. The molecule has 0 N–H and O–H groups in total. The molecule has 0 radical (unpaired) electrons. The van der Waals surface area contributed by atoms with Crippen molar-refractivity contribution in [3.05, 3.63) is 56.4 Å². The Morgan fingerprint density at radius 2 is 1.93 bits per heavy atom. The normalized spacial score (nSPS) is 22.9. The molecule has 29 heavy (non-hydrogen) atoms. The van der Waals surface area contributed by atoms with E-state index in [1.807, 2.05) is 29.2 Å². The first kappa shape index (κ1) is 18.1. The monoisotopic (exact) mass is 396 g/mol. The Morgan fingerprint density at radius 1 is 1.17 bits per heavy atom. The number of ether oxygens (including phenoxy) is 1. The summed E-state index contributed by atoms with van der Waals surface area (Å²) in [5.74, 6) is 1.83. The number of carbonyl (C=O) groups excluding carboxylic acids is 1. The average Bonchev–Trinajstić information content (AvgIpc) is 3.41. The lowest BCUT2D eigenvalue weighted by atomic mass is 9.86. The van der Waals surface area contributed by atoms with Crippen molar-refractivity contribution in [1.82, 2.24) is 19.2 Å². The van der Waals surface area contributed by atoms with E-state index in [4.69, 9.17) is 4.74 Å². The van der Waals surface area contributed by atoms with Gasteiger partial charge in [-0.2, -0.15) is 5.10 Å². The van der Waals surface area contributed by atoms with Crippen LogP contribution < -0.4 is 15.9 Å². The van der Waals surface area contributed by atoms with Crippen molar-refractivity contribution >= 4 is 5.91 Å². The molecule has 1 atom stereocenters. The van der Waals surface area contributed by atoms with Crippen LogP contribution in [-0.2, 0) is 24.3 Å². The Hall–Kier alpha value is -2.90. The molecule has 1 spiro atoms. The second kappa shape index (κ2) is 6.57. The summed E-state index contributed by atoms with van der Waals surface area (Å²) >= 11 is 0. The van der Waals surface area contributed by atoms with Crippen LogP contribution in [0.3, 0.4) is 0 Å². The number of benzene rings is 1. The number of rotatable bonds is 4. The van der Waals surface area contributed by atoms with E-state index >= 15 is 0 Å². The molecule has 8 nitrogen and oxygen atoms in total. The summed E-state index contributed by atoms with van der Waals surface area (Å²) in [4.78, 5) is 39.7. The number of hydrogen-bond donors (Lipinski definition) is 0. The van der Waals surface area contributed by atoms with E-state index in [9.17, 15) is 14.4 Å². The number of hydrogen-bond acceptors (Lipinski definition) is 5. The second-order valence-corrected chi connectivity index (χ2v) is 8.58. The van der Waals surface area contributed by atoms with E-state index in [1.165, 1.54) is 9.25 Å². The maximum Gasteiger partial charge on any atom is 0.332 e. The van der Waals surface area contributed by atoms with Crippen molar-refractivity contribution in [2.45, 2.75) is 38.8 Å². The predicted molar refractivity (Wildman–Crippen MR) is 105 cm³/mol. The molecular weight excluding hydrogens is 372 g/mol. The number of methoxy groups -OCH3 is 1. The SMILES string of the molecule is COc1ccc(Cn2nc3n(c(=O)c2=O)CC2(CCN(C(=O)C4CC4)C2)C3)cc1. The van der Waals surface area contributed by atoms with Crippen LogP contribution in [0.15, 0.2) is 33.9 Å². The van der Waals surface area contributed by atoms with Crippen LogP contribution in [0.25, 0.3) is 0 Å². The highest BCUT2D eigenvalue weighted by Gasteiger charge is 2.47. The average molecular weight is 396 g/mol. The van der Waals surface area contributed by atoms with Crippen molar-refractivity contribution in [1.29, 1.82) is 0 Å². The Balaban J connectivity index is 1.39. The van der Waals surface area contributed by atoms with Crippen LogP contribution in [0.1, 0.15) is 30.7 Å². The van der Waals surface area contributed by atoms with E-state index in [-0.39, 0.29) is 23.8 Å². The summed E-state index contributed by atoms with van der Waals surface area (Å²) in [5.41, 5.74) is -0.424. The van der Waals surface area contributed by atoms with E-state index < -0.39 is 11.1 Å². The summed E-state index contributed by atoms with van der Waals surface area (Å²) in [6.45, 7) is 2.10. The molecule has 1 aromatic heterocycles. The number of amides is 1. The number of fused-ring (bicyclic) bond motifs is 1. The van der Waals surface area contributed by atoms with Gasteiger partial charge < -0.3 is 9.64 Å². The van der Waals surface area contributed by atoms with Gasteiger partial charge in [-0.1, -0.05) is 12.1 Å². The molecule has 3 heterocycles. The van der Waals surface area contributed by atoms with Gasteiger partial charge >= 0.3 is 11.1 Å². The Kier molecular flexibility index (Phi) is 4.11. The lowest BCUT2D eigenvalue weighted by molar-refractivity contribution is -0.131. The zero-order valence-electron chi connectivity index (χ0n) is 16.5. The van der Waals surface area contributed by atoms with E-state index in [2.05, 4.69) is 5.10 Å². The molecular formula is C21H24N4O4. The van der Waals surface area contributed by atoms with Gasteiger partial charge in [0.15, 0.2) is 0 Å². The minimum absolute atomic E-state index is 0.171. The molecule has 1 saturated heterocycles. The largest absolute Gasteiger partial charge is 0.497 e. The first-order chi connectivity index (χ1) is 14.0. The van der Waals surface area contributed by atoms with Crippen molar-refractivity contribution in [2.24, 2.45) is 11.3 Å². The van der Waals surface area contributed by atoms with Gasteiger partial charge in [0.25, 0.3) is 0 Å². The zero-order chi connectivity index (χ0) is 20.2. The summed E-state index contributed by atoms with van der Waals surface area (Å²) in [7, 11) is 1.60. The van der Waals surface area contributed by atoms with Gasteiger partial charge in [-0.15, -0.1) is 0 Å². The highest BCUT2D eigenvalue weighted by atomic mass is 16.5. The number of aromatic nitrogens is 3. The van der Waals surface area contributed by atoms with Gasteiger partial charge in [-0.3, -0.25) is 19.0 Å².